The summed E-state index contributed by atoms with van der Waals surface area (Å²) < 4.78 is 0. The third-order valence-corrected chi connectivity index (χ3v) is 8.64. The fourth-order valence-corrected chi connectivity index (χ4v) is 7.72. The SMILES string of the molecule is CSC1CCCCC1NC(C)C12CC3CC(CC(C3)C1)C2. The van der Waals surface area contributed by atoms with E-state index in [-0.39, 0.29) is 0 Å². The van der Waals surface area contributed by atoms with E-state index in [9.17, 15) is 0 Å². The van der Waals surface area contributed by atoms with Crippen molar-refractivity contribution in [1.29, 1.82) is 0 Å². The number of hydrogen-bond donors (Lipinski definition) is 1. The molecule has 0 heterocycles. The zero-order valence-electron chi connectivity index (χ0n) is 13.9. The van der Waals surface area contributed by atoms with Crippen LogP contribution in [0.2, 0.25) is 0 Å². The van der Waals surface area contributed by atoms with E-state index < -0.39 is 0 Å². The first-order chi connectivity index (χ1) is 10.2. The molecule has 0 aromatic heterocycles. The Morgan fingerprint density at radius 3 is 2.10 bits per heavy atom. The lowest BCUT2D eigenvalue weighted by molar-refractivity contribution is -0.0725. The van der Waals surface area contributed by atoms with E-state index in [1.54, 1.807) is 38.5 Å². The van der Waals surface area contributed by atoms with Crippen LogP contribution in [0.1, 0.15) is 71.1 Å². The van der Waals surface area contributed by atoms with Crippen molar-refractivity contribution in [3.8, 4) is 0 Å². The molecular formula is C19H33NS. The summed E-state index contributed by atoms with van der Waals surface area (Å²) in [4.78, 5) is 0. The molecule has 3 unspecified atom stereocenters. The predicted molar refractivity (Wildman–Crippen MR) is 92.8 cm³/mol. The van der Waals surface area contributed by atoms with E-state index in [0.717, 1.165) is 35.1 Å². The molecular weight excluding hydrogens is 274 g/mol. The summed E-state index contributed by atoms with van der Waals surface area (Å²) in [5, 5.41) is 5.03. The average molecular weight is 308 g/mol. The third kappa shape index (κ3) is 2.69. The largest absolute Gasteiger partial charge is 0.310 e. The van der Waals surface area contributed by atoms with Gasteiger partial charge in [-0.2, -0.15) is 11.8 Å². The Morgan fingerprint density at radius 1 is 0.952 bits per heavy atom. The Kier molecular flexibility index (Phi) is 4.07. The van der Waals surface area contributed by atoms with Crippen LogP contribution in [0.4, 0.5) is 0 Å². The first-order valence-electron chi connectivity index (χ1n) is 9.47. The summed E-state index contributed by atoms with van der Waals surface area (Å²) in [6.07, 6.45) is 17.4. The van der Waals surface area contributed by atoms with Gasteiger partial charge in [-0.25, -0.2) is 0 Å². The van der Waals surface area contributed by atoms with Crippen LogP contribution in [0.3, 0.4) is 0 Å². The van der Waals surface area contributed by atoms with Crippen LogP contribution >= 0.6 is 11.8 Å². The maximum Gasteiger partial charge on any atom is 0.0198 e. The van der Waals surface area contributed by atoms with E-state index in [1.807, 2.05) is 0 Å². The van der Waals surface area contributed by atoms with E-state index in [1.165, 1.54) is 25.7 Å². The average Bonchev–Trinajstić information content (AvgIpc) is 2.46. The van der Waals surface area contributed by atoms with Gasteiger partial charge in [0, 0.05) is 17.3 Å². The predicted octanol–water partition coefficient (Wildman–Crippen LogP) is 4.86. The molecule has 0 spiro atoms. The molecule has 21 heavy (non-hydrogen) atoms. The molecule has 0 aromatic rings. The molecule has 1 nitrogen and oxygen atoms in total. The Labute approximate surface area is 135 Å². The Bertz CT molecular complexity index is 344. The second kappa shape index (κ2) is 5.74. The van der Waals surface area contributed by atoms with Crippen LogP contribution in [-0.2, 0) is 0 Å². The van der Waals surface area contributed by atoms with E-state index in [4.69, 9.17) is 0 Å². The molecule has 120 valence electrons. The van der Waals surface area contributed by atoms with Gasteiger partial charge in [0.15, 0.2) is 0 Å². The van der Waals surface area contributed by atoms with Gasteiger partial charge in [0.1, 0.15) is 0 Å². The molecule has 0 radical (unpaired) electrons. The summed E-state index contributed by atoms with van der Waals surface area (Å²) in [6, 6.07) is 1.54. The van der Waals surface area contributed by atoms with Gasteiger partial charge >= 0.3 is 0 Å². The van der Waals surface area contributed by atoms with Crippen LogP contribution in [-0.4, -0.2) is 23.6 Å². The molecule has 0 saturated heterocycles. The lowest BCUT2D eigenvalue weighted by Gasteiger charge is -2.59. The molecule has 2 heteroatoms. The van der Waals surface area contributed by atoms with Crippen LogP contribution < -0.4 is 5.32 Å². The van der Waals surface area contributed by atoms with Crippen molar-refractivity contribution >= 4 is 11.8 Å². The van der Waals surface area contributed by atoms with Crippen molar-refractivity contribution in [1.82, 2.24) is 5.32 Å². The molecule has 0 aromatic carbocycles. The maximum atomic E-state index is 4.16. The Morgan fingerprint density at radius 2 is 1.52 bits per heavy atom. The summed E-state index contributed by atoms with van der Waals surface area (Å²) in [5.41, 5.74) is 0.676. The van der Waals surface area contributed by atoms with Crippen molar-refractivity contribution in [2.75, 3.05) is 6.26 Å². The molecule has 5 fully saturated rings. The second-order valence-corrected chi connectivity index (χ2v) is 9.91. The van der Waals surface area contributed by atoms with Gasteiger partial charge in [0.05, 0.1) is 0 Å². The molecule has 0 aliphatic heterocycles. The van der Waals surface area contributed by atoms with E-state index >= 15 is 0 Å². The third-order valence-electron chi connectivity index (χ3n) is 7.47. The lowest BCUT2D eigenvalue weighted by atomic mass is 9.48. The van der Waals surface area contributed by atoms with Crippen LogP contribution in [0.15, 0.2) is 0 Å². The quantitative estimate of drug-likeness (QED) is 0.796. The zero-order valence-corrected chi connectivity index (χ0v) is 14.8. The molecule has 5 saturated carbocycles. The number of rotatable bonds is 4. The van der Waals surface area contributed by atoms with Gasteiger partial charge in [-0.05, 0) is 87.7 Å². The minimum atomic E-state index is 0.676. The first kappa shape index (κ1) is 14.9. The minimum Gasteiger partial charge on any atom is -0.310 e. The summed E-state index contributed by atoms with van der Waals surface area (Å²) in [6.45, 7) is 2.54. The minimum absolute atomic E-state index is 0.676. The van der Waals surface area contributed by atoms with Gasteiger partial charge in [0.2, 0.25) is 0 Å². The molecule has 5 rings (SSSR count). The van der Waals surface area contributed by atoms with Gasteiger partial charge in [-0.1, -0.05) is 12.8 Å². The summed E-state index contributed by atoms with van der Waals surface area (Å²) >= 11 is 2.11. The van der Waals surface area contributed by atoms with Gasteiger partial charge < -0.3 is 5.32 Å². The van der Waals surface area contributed by atoms with Crippen LogP contribution in [0.25, 0.3) is 0 Å². The Balaban J connectivity index is 1.45. The van der Waals surface area contributed by atoms with Crippen molar-refractivity contribution in [2.24, 2.45) is 23.2 Å². The van der Waals surface area contributed by atoms with Crippen molar-refractivity contribution in [2.45, 2.75) is 88.5 Å². The summed E-state index contributed by atoms with van der Waals surface area (Å²) in [7, 11) is 0. The van der Waals surface area contributed by atoms with Crippen LogP contribution in [0, 0.1) is 23.2 Å². The maximum absolute atomic E-state index is 4.16. The smallest absolute Gasteiger partial charge is 0.0198 e. The van der Waals surface area contributed by atoms with Gasteiger partial charge in [-0.15, -0.1) is 0 Å². The first-order valence-corrected chi connectivity index (χ1v) is 10.8. The molecule has 1 N–H and O–H groups in total. The number of nitrogens with one attached hydrogen (secondary N) is 1. The van der Waals surface area contributed by atoms with Crippen LogP contribution in [0.5, 0.6) is 0 Å². The highest BCUT2D eigenvalue weighted by Gasteiger charge is 2.53. The highest BCUT2D eigenvalue weighted by atomic mass is 32.2. The topological polar surface area (TPSA) is 12.0 Å². The lowest BCUT2D eigenvalue weighted by Crippen LogP contribution is -2.58. The second-order valence-electron chi connectivity index (χ2n) is 8.83. The highest BCUT2D eigenvalue weighted by molar-refractivity contribution is 7.99. The number of hydrogen-bond acceptors (Lipinski definition) is 2. The van der Waals surface area contributed by atoms with E-state index in [2.05, 4.69) is 30.3 Å². The fourth-order valence-electron chi connectivity index (χ4n) is 6.78. The molecule has 3 atom stereocenters. The van der Waals surface area contributed by atoms with E-state index in [0.29, 0.717) is 5.41 Å². The fraction of sp³-hybridized carbons (Fsp3) is 1.00. The Hall–Kier alpha value is 0.310. The normalized spacial score (nSPS) is 50.3. The molecule has 5 aliphatic rings. The monoisotopic (exact) mass is 307 g/mol. The number of thioether (sulfide) groups is 1. The van der Waals surface area contributed by atoms with Crippen molar-refractivity contribution < 1.29 is 0 Å². The van der Waals surface area contributed by atoms with Gasteiger partial charge in [0.25, 0.3) is 0 Å². The zero-order chi connectivity index (χ0) is 14.4. The highest BCUT2D eigenvalue weighted by Crippen LogP contribution is 2.61. The molecule has 0 amide bonds. The molecule has 4 bridgehead atoms. The van der Waals surface area contributed by atoms with Crippen molar-refractivity contribution in [3.05, 3.63) is 0 Å². The van der Waals surface area contributed by atoms with Crippen molar-refractivity contribution in [3.63, 3.8) is 0 Å². The van der Waals surface area contributed by atoms with Gasteiger partial charge in [-0.3, -0.25) is 0 Å². The standard InChI is InChI=1S/C19H33NS/c1-13(20-17-5-3-4-6-18(17)21-2)19-10-14-7-15(11-19)9-16(8-14)12-19/h13-18,20H,3-12H2,1-2H3. The molecule has 5 aliphatic carbocycles. The summed E-state index contributed by atoms with van der Waals surface area (Å²) in [5.74, 6) is 3.26.